The maximum atomic E-state index is 12.5. The van der Waals surface area contributed by atoms with E-state index in [1.807, 2.05) is 0 Å². The predicted octanol–water partition coefficient (Wildman–Crippen LogP) is 2.27. The molecule has 0 bridgehead atoms. The molecule has 0 aliphatic carbocycles. The molecule has 0 radical (unpaired) electrons. The number of pyridine rings is 1. The van der Waals surface area contributed by atoms with Crippen LogP contribution in [0.2, 0.25) is 0 Å². The number of ether oxygens (including phenoxy) is 2. The Bertz CT molecular complexity index is 668. The number of carbonyl (C=O) groups is 1. The number of anilines is 1. The fourth-order valence-electron chi connectivity index (χ4n) is 2.19. The van der Waals surface area contributed by atoms with E-state index >= 15 is 0 Å². The molecular formula is C16H19F3N4O3. The molecule has 2 N–H and O–H groups in total. The molecule has 1 aliphatic rings. The average Bonchev–Trinajstić information content (AvgIpc) is 2.62. The number of aromatic nitrogens is 1. The smallest absolute Gasteiger partial charge is 0.433 e. The molecule has 1 aromatic rings. The molecule has 0 spiro atoms. The molecule has 0 atom stereocenters. The molecular weight excluding hydrogens is 353 g/mol. The number of hydrogen-bond acceptors (Lipinski definition) is 6. The second-order valence-electron chi connectivity index (χ2n) is 5.30. The SMILES string of the molecule is CCOC(=O)/C(=C/Nc1ccc(C(F)(F)F)nc1)C(=N)N1CCOCC1. The summed E-state index contributed by atoms with van der Waals surface area (Å²) in [6, 6.07) is 2.01. The van der Waals surface area contributed by atoms with Crippen LogP contribution in [0.25, 0.3) is 0 Å². The third-order valence-corrected chi connectivity index (χ3v) is 3.51. The Morgan fingerprint density at radius 3 is 2.65 bits per heavy atom. The van der Waals surface area contributed by atoms with Gasteiger partial charge in [0, 0.05) is 19.3 Å². The molecule has 0 aromatic carbocycles. The number of alkyl halides is 3. The highest BCUT2D eigenvalue weighted by molar-refractivity contribution is 6.17. The molecule has 0 amide bonds. The first-order valence-electron chi connectivity index (χ1n) is 7.91. The lowest BCUT2D eigenvalue weighted by Gasteiger charge is -2.29. The van der Waals surface area contributed by atoms with E-state index in [0.29, 0.717) is 26.3 Å². The number of carbonyl (C=O) groups excluding carboxylic acids is 1. The molecule has 0 unspecified atom stereocenters. The number of esters is 1. The highest BCUT2D eigenvalue weighted by Gasteiger charge is 2.32. The minimum Gasteiger partial charge on any atom is -0.462 e. The van der Waals surface area contributed by atoms with E-state index in [9.17, 15) is 18.0 Å². The monoisotopic (exact) mass is 372 g/mol. The van der Waals surface area contributed by atoms with Crippen molar-refractivity contribution in [2.45, 2.75) is 13.1 Å². The molecule has 2 rings (SSSR count). The predicted molar refractivity (Wildman–Crippen MR) is 87.7 cm³/mol. The number of rotatable bonds is 5. The molecule has 10 heteroatoms. The molecule has 26 heavy (non-hydrogen) atoms. The van der Waals surface area contributed by atoms with Gasteiger partial charge in [-0.1, -0.05) is 0 Å². The number of nitrogens with zero attached hydrogens (tertiary/aromatic N) is 2. The van der Waals surface area contributed by atoms with Gasteiger partial charge in [-0.25, -0.2) is 9.78 Å². The van der Waals surface area contributed by atoms with Crippen molar-refractivity contribution in [2.75, 3.05) is 38.2 Å². The Kier molecular flexibility index (Phi) is 6.56. The van der Waals surface area contributed by atoms with Crippen LogP contribution in [0, 0.1) is 5.41 Å². The van der Waals surface area contributed by atoms with Gasteiger partial charge in [0.05, 0.1) is 31.7 Å². The van der Waals surface area contributed by atoms with E-state index in [-0.39, 0.29) is 23.7 Å². The minimum absolute atomic E-state index is 0.0337. The molecule has 2 heterocycles. The third kappa shape index (κ3) is 5.19. The van der Waals surface area contributed by atoms with E-state index in [4.69, 9.17) is 14.9 Å². The van der Waals surface area contributed by atoms with E-state index in [1.54, 1.807) is 11.8 Å². The van der Waals surface area contributed by atoms with Crippen molar-refractivity contribution in [2.24, 2.45) is 0 Å². The molecule has 0 saturated carbocycles. The molecule has 7 nitrogen and oxygen atoms in total. The Morgan fingerprint density at radius 2 is 2.12 bits per heavy atom. The van der Waals surface area contributed by atoms with Gasteiger partial charge in [-0.15, -0.1) is 0 Å². The fourth-order valence-corrected chi connectivity index (χ4v) is 2.19. The van der Waals surface area contributed by atoms with E-state index in [1.165, 1.54) is 12.3 Å². The standard InChI is InChI=1S/C16H19F3N4O3/c1-2-26-15(24)12(14(20)23-5-7-25-8-6-23)10-21-11-3-4-13(22-9-11)16(17,18)19/h3-4,9-10,20-21H,2,5-8H2,1H3/b12-10+,20-14?. The Balaban J connectivity index is 2.16. The largest absolute Gasteiger partial charge is 0.462 e. The molecule has 1 saturated heterocycles. The van der Waals surface area contributed by atoms with Crippen molar-refractivity contribution in [1.82, 2.24) is 9.88 Å². The third-order valence-electron chi connectivity index (χ3n) is 3.51. The van der Waals surface area contributed by atoms with Crippen LogP contribution in [0.15, 0.2) is 30.1 Å². The van der Waals surface area contributed by atoms with Crippen LogP contribution in [0.5, 0.6) is 0 Å². The van der Waals surface area contributed by atoms with Crippen LogP contribution in [0.3, 0.4) is 0 Å². The topological polar surface area (TPSA) is 87.5 Å². The summed E-state index contributed by atoms with van der Waals surface area (Å²) < 4.78 is 47.8. The van der Waals surface area contributed by atoms with Gasteiger partial charge in [0.25, 0.3) is 0 Å². The number of halogens is 3. The van der Waals surface area contributed by atoms with Crippen LogP contribution in [0.4, 0.5) is 18.9 Å². The zero-order valence-corrected chi connectivity index (χ0v) is 14.1. The fraction of sp³-hybridized carbons (Fsp3) is 0.438. The molecule has 1 aromatic heterocycles. The molecule has 142 valence electrons. The Morgan fingerprint density at radius 1 is 1.42 bits per heavy atom. The van der Waals surface area contributed by atoms with Crippen molar-refractivity contribution in [3.63, 3.8) is 0 Å². The maximum Gasteiger partial charge on any atom is 0.433 e. The number of amidine groups is 1. The summed E-state index contributed by atoms with van der Waals surface area (Å²) in [4.78, 5) is 17.1. The lowest BCUT2D eigenvalue weighted by molar-refractivity contribution is -0.141. The summed E-state index contributed by atoms with van der Waals surface area (Å²) >= 11 is 0. The van der Waals surface area contributed by atoms with E-state index < -0.39 is 17.8 Å². The normalized spacial score (nSPS) is 15.5. The van der Waals surface area contributed by atoms with Gasteiger partial charge in [-0.05, 0) is 19.1 Å². The van der Waals surface area contributed by atoms with Gasteiger partial charge in [0.2, 0.25) is 0 Å². The second kappa shape index (κ2) is 8.65. The van der Waals surface area contributed by atoms with Gasteiger partial charge < -0.3 is 19.7 Å². The molecule has 1 aliphatic heterocycles. The van der Waals surface area contributed by atoms with Crippen molar-refractivity contribution < 1.29 is 27.4 Å². The molecule has 1 fully saturated rings. The highest BCUT2D eigenvalue weighted by atomic mass is 19.4. The van der Waals surface area contributed by atoms with Crippen molar-refractivity contribution >= 4 is 17.5 Å². The summed E-state index contributed by atoms with van der Waals surface area (Å²) in [7, 11) is 0. The van der Waals surface area contributed by atoms with Crippen molar-refractivity contribution in [3.8, 4) is 0 Å². The lowest BCUT2D eigenvalue weighted by Crippen LogP contribution is -2.42. The van der Waals surface area contributed by atoms with Gasteiger partial charge in [0.15, 0.2) is 0 Å². The van der Waals surface area contributed by atoms with Gasteiger partial charge in [0.1, 0.15) is 17.1 Å². The summed E-state index contributed by atoms with van der Waals surface area (Å²) in [5.41, 5.74) is -0.804. The van der Waals surface area contributed by atoms with Crippen LogP contribution in [-0.4, -0.2) is 54.6 Å². The van der Waals surface area contributed by atoms with Crippen LogP contribution in [-0.2, 0) is 20.4 Å². The lowest BCUT2D eigenvalue weighted by atomic mass is 10.2. The number of hydrogen-bond donors (Lipinski definition) is 2. The summed E-state index contributed by atoms with van der Waals surface area (Å²) in [6.45, 7) is 3.56. The Labute approximate surface area is 148 Å². The van der Waals surface area contributed by atoms with Crippen molar-refractivity contribution in [1.29, 1.82) is 5.41 Å². The van der Waals surface area contributed by atoms with Crippen LogP contribution < -0.4 is 5.32 Å². The van der Waals surface area contributed by atoms with Gasteiger partial charge in [-0.3, -0.25) is 5.41 Å². The van der Waals surface area contributed by atoms with E-state index in [0.717, 1.165) is 12.3 Å². The maximum absolute atomic E-state index is 12.5. The summed E-state index contributed by atoms with van der Waals surface area (Å²) in [5, 5.41) is 10.9. The van der Waals surface area contributed by atoms with Crippen molar-refractivity contribution in [3.05, 3.63) is 35.8 Å². The van der Waals surface area contributed by atoms with Crippen LogP contribution in [0.1, 0.15) is 12.6 Å². The van der Waals surface area contributed by atoms with Gasteiger partial charge in [-0.2, -0.15) is 13.2 Å². The first-order chi connectivity index (χ1) is 12.3. The summed E-state index contributed by atoms with van der Waals surface area (Å²) in [5.74, 6) is -0.740. The minimum atomic E-state index is -4.52. The second-order valence-corrected chi connectivity index (χ2v) is 5.30. The number of nitrogens with one attached hydrogen (secondary N) is 2. The zero-order valence-electron chi connectivity index (χ0n) is 14.1. The van der Waals surface area contributed by atoms with Crippen LogP contribution >= 0.6 is 0 Å². The average molecular weight is 372 g/mol. The number of morpholine rings is 1. The first-order valence-corrected chi connectivity index (χ1v) is 7.91. The highest BCUT2D eigenvalue weighted by Crippen LogP contribution is 2.27. The first kappa shape index (κ1) is 19.7. The summed E-state index contributed by atoms with van der Waals surface area (Å²) in [6.07, 6.45) is -2.29. The van der Waals surface area contributed by atoms with E-state index in [2.05, 4.69) is 10.3 Å². The quantitative estimate of drug-likeness (QED) is 0.357. The van der Waals surface area contributed by atoms with Gasteiger partial charge >= 0.3 is 12.1 Å². The Hall–Kier alpha value is -2.62. The zero-order chi connectivity index (χ0) is 19.2.